The van der Waals surface area contributed by atoms with E-state index < -0.39 is 6.04 Å². The van der Waals surface area contributed by atoms with Crippen molar-refractivity contribution >= 4 is 23.0 Å². The summed E-state index contributed by atoms with van der Waals surface area (Å²) in [6.07, 6.45) is 2.47. The van der Waals surface area contributed by atoms with Gasteiger partial charge in [0.1, 0.15) is 11.9 Å². The quantitative estimate of drug-likeness (QED) is 0.608. The van der Waals surface area contributed by atoms with Crippen molar-refractivity contribution < 1.29 is 9.18 Å². The summed E-state index contributed by atoms with van der Waals surface area (Å²) in [4.78, 5) is 15.4. The van der Waals surface area contributed by atoms with E-state index in [9.17, 15) is 9.18 Å². The second-order valence-corrected chi connectivity index (χ2v) is 7.23. The van der Waals surface area contributed by atoms with Gasteiger partial charge in [0.25, 0.3) is 5.91 Å². The van der Waals surface area contributed by atoms with Crippen LogP contribution in [-0.4, -0.2) is 19.0 Å². The molecule has 148 valence electrons. The summed E-state index contributed by atoms with van der Waals surface area (Å²) in [5.74, 6) is -0.537. The molecule has 4 rings (SSSR count). The molecule has 1 heterocycles. The van der Waals surface area contributed by atoms with Gasteiger partial charge in [-0.2, -0.15) is 0 Å². The van der Waals surface area contributed by atoms with Crippen molar-refractivity contribution in [1.29, 1.82) is 0 Å². The summed E-state index contributed by atoms with van der Waals surface area (Å²) in [6, 6.07) is 23.0. The maximum absolute atomic E-state index is 13.2. The van der Waals surface area contributed by atoms with E-state index in [0.717, 1.165) is 24.3 Å². The van der Waals surface area contributed by atoms with E-state index in [0.29, 0.717) is 5.69 Å². The molecule has 0 unspecified atom stereocenters. The molecule has 1 atom stereocenters. The number of nitrogens with one attached hydrogen (secondary N) is 2. The highest BCUT2D eigenvalue weighted by Gasteiger charge is 2.21. The highest BCUT2D eigenvalue weighted by Crippen LogP contribution is 2.25. The first-order valence-corrected chi connectivity index (χ1v) is 9.92. The lowest BCUT2D eigenvalue weighted by Crippen LogP contribution is -2.27. The van der Waals surface area contributed by atoms with E-state index in [1.54, 1.807) is 12.1 Å². The van der Waals surface area contributed by atoms with Crippen LogP contribution < -0.4 is 15.5 Å². The molecule has 3 aromatic rings. The molecule has 1 aliphatic rings. The van der Waals surface area contributed by atoms with Gasteiger partial charge in [0.2, 0.25) is 0 Å². The zero-order valence-electron chi connectivity index (χ0n) is 16.1. The van der Waals surface area contributed by atoms with E-state index in [2.05, 4.69) is 27.7 Å². The third-order valence-corrected chi connectivity index (χ3v) is 5.16. The highest BCUT2D eigenvalue weighted by molar-refractivity contribution is 5.97. The second-order valence-electron chi connectivity index (χ2n) is 7.23. The molecule has 4 nitrogen and oxygen atoms in total. The first-order valence-electron chi connectivity index (χ1n) is 9.92. The van der Waals surface area contributed by atoms with Gasteiger partial charge < -0.3 is 15.5 Å². The standard InChI is InChI=1S/C24H24FN3O/c25-19-8-10-21(11-9-19)27-24(29)23(18-6-2-1-3-7-18)26-20-12-14-22(15-13-20)28-16-4-5-17-28/h1-3,6-15,23,26H,4-5,16-17H2,(H,27,29)/t23-/m0/s1. The van der Waals surface area contributed by atoms with Gasteiger partial charge >= 0.3 is 0 Å². The molecule has 1 saturated heterocycles. The lowest BCUT2D eigenvalue weighted by Gasteiger charge is -2.22. The van der Waals surface area contributed by atoms with Crippen LogP contribution in [0.2, 0.25) is 0 Å². The fraction of sp³-hybridized carbons (Fsp3) is 0.208. The number of amides is 1. The Labute approximate surface area is 170 Å². The zero-order chi connectivity index (χ0) is 20.1. The molecule has 3 aromatic carbocycles. The number of benzene rings is 3. The minimum atomic E-state index is -0.570. The maximum atomic E-state index is 13.2. The molecular formula is C24H24FN3O. The lowest BCUT2D eigenvalue weighted by molar-refractivity contribution is -0.117. The van der Waals surface area contributed by atoms with Crippen LogP contribution in [0.3, 0.4) is 0 Å². The Morgan fingerprint density at radius 2 is 1.45 bits per heavy atom. The van der Waals surface area contributed by atoms with Gasteiger partial charge in [-0.25, -0.2) is 4.39 Å². The van der Waals surface area contributed by atoms with Gasteiger partial charge in [-0.15, -0.1) is 0 Å². The summed E-state index contributed by atoms with van der Waals surface area (Å²) in [5.41, 5.74) is 3.50. The van der Waals surface area contributed by atoms with Crippen LogP contribution in [0.4, 0.5) is 21.5 Å². The molecule has 2 N–H and O–H groups in total. The van der Waals surface area contributed by atoms with E-state index in [1.165, 1.54) is 30.7 Å². The first kappa shape index (κ1) is 19.0. The normalized spacial score (nSPS) is 14.4. The summed E-state index contributed by atoms with van der Waals surface area (Å²) >= 11 is 0. The molecule has 5 heteroatoms. The van der Waals surface area contributed by atoms with Crippen LogP contribution in [-0.2, 0) is 4.79 Å². The summed E-state index contributed by atoms with van der Waals surface area (Å²) < 4.78 is 13.2. The molecule has 0 saturated carbocycles. The number of carbonyl (C=O) groups is 1. The molecule has 29 heavy (non-hydrogen) atoms. The Hall–Kier alpha value is -3.34. The molecule has 0 spiro atoms. The van der Waals surface area contributed by atoms with E-state index in [-0.39, 0.29) is 11.7 Å². The van der Waals surface area contributed by atoms with Crippen LogP contribution in [0.15, 0.2) is 78.9 Å². The molecular weight excluding hydrogens is 365 g/mol. The monoisotopic (exact) mass is 389 g/mol. The van der Waals surface area contributed by atoms with Crippen molar-refractivity contribution in [2.75, 3.05) is 28.6 Å². The van der Waals surface area contributed by atoms with Crippen LogP contribution >= 0.6 is 0 Å². The molecule has 1 amide bonds. The number of nitrogens with zero attached hydrogens (tertiary/aromatic N) is 1. The van der Waals surface area contributed by atoms with Crippen LogP contribution in [0.5, 0.6) is 0 Å². The SMILES string of the molecule is O=C(Nc1ccc(F)cc1)[C@@H](Nc1ccc(N2CCCC2)cc1)c1ccccc1. The van der Waals surface area contributed by atoms with Gasteiger partial charge in [0, 0.05) is 30.2 Å². The average Bonchev–Trinajstić information content (AvgIpc) is 3.29. The van der Waals surface area contributed by atoms with Gasteiger partial charge in [-0.05, 0) is 66.9 Å². The largest absolute Gasteiger partial charge is 0.372 e. The number of halogens is 1. The Bertz CT molecular complexity index is 936. The van der Waals surface area contributed by atoms with Crippen LogP contribution in [0.25, 0.3) is 0 Å². The molecule has 1 aliphatic heterocycles. The summed E-state index contributed by atoms with van der Waals surface area (Å²) in [6.45, 7) is 2.19. The molecule has 0 bridgehead atoms. The fourth-order valence-corrected chi connectivity index (χ4v) is 3.60. The van der Waals surface area contributed by atoms with E-state index >= 15 is 0 Å². The first-order chi connectivity index (χ1) is 14.2. The number of anilines is 3. The maximum Gasteiger partial charge on any atom is 0.251 e. The van der Waals surface area contributed by atoms with Crippen molar-refractivity contribution in [3.63, 3.8) is 0 Å². The number of rotatable bonds is 6. The predicted molar refractivity (Wildman–Crippen MR) is 116 cm³/mol. The minimum absolute atomic E-state index is 0.202. The number of hydrogen-bond acceptors (Lipinski definition) is 3. The minimum Gasteiger partial charge on any atom is -0.372 e. The van der Waals surface area contributed by atoms with E-state index in [1.807, 2.05) is 42.5 Å². The third kappa shape index (κ3) is 4.74. The van der Waals surface area contributed by atoms with Crippen LogP contribution in [0, 0.1) is 5.82 Å². The fourth-order valence-electron chi connectivity index (χ4n) is 3.60. The summed E-state index contributed by atoms with van der Waals surface area (Å²) in [7, 11) is 0. The Morgan fingerprint density at radius 1 is 0.828 bits per heavy atom. The van der Waals surface area contributed by atoms with Crippen molar-refractivity contribution in [3.05, 3.63) is 90.2 Å². The van der Waals surface area contributed by atoms with Crippen molar-refractivity contribution in [3.8, 4) is 0 Å². The molecule has 1 fully saturated rings. The number of carbonyl (C=O) groups excluding carboxylic acids is 1. The second kappa shape index (κ2) is 8.78. The van der Waals surface area contributed by atoms with Crippen molar-refractivity contribution in [1.82, 2.24) is 0 Å². The topological polar surface area (TPSA) is 44.4 Å². The summed E-state index contributed by atoms with van der Waals surface area (Å²) in [5, 5.41) is 6.21. The smallest absolute Gasteiger partial charge is 0.251 e. The Morgan fingerprint density at radius 3 is 2.10 bits per heavy atom. The lowest BCUT2D eigenvalue weighted by atomic mass is 10.1. The zero-order valence-corrected chi connectivity index (χ0v) is 16.1. The predicted octanol–water partition coefficient (Wildman–Crippen LogP) is 5.22. The van der Waals surface area contributed by atoms with Gasteiger partial charge in [-0.1, -0.05) is 30.3 Å². The Kier molecular flexibility index (Phi) is 5.75. The van der Waals surface area contributed by atoms with Crippen LogP contribution in [0.1, 0.15) is 24.4 Å². The third-order valence-electron chi connectivity index (χ3n) is 5.16. The van der Waals surface area contributed by atoms with Crippen molar-refractivity contribution in [2.45, 2.75) is 18.9 Å². The van der Waals surface area contributed by atoms with Crippen molar-refractivity contribution in [2.24, 2.45) is 0 Å². The highest BCUT2D eigenvalue weighted by atomic mass is 19.1. The van der Waals surface area contributed by atoms with E-state index in [4.69, 9.17) is 0 Å². The van der Waals surface area contributed by atoms with Gasteiger partial charge in [-0.3, -0.25) is 4.79 Å². The van der Waals surface area contributed by atoms with Gasteiger partial charge in [0.05, 0.1) is 0 Å². The molecule has 0 aromatic heterocycles. The molecule has 0 radical (unpaired) electrons. The average molecular weight is 389 g/mol. The molecule has 0 aliphatic carbocycles. The number of hydrogen-bond donors (Lipinski definition) is 2. The van der Waals surface area contributed by atoms with Gasteiger partial charge in [0.15, 0.2) is 0 Å². The Balaban J connectivity index is 1.52.